The molecule has 0 atom stereocenters. The lowest BCUT2D eigenvalue weighted by molar-refractivity contribution is -0.117. The van der Waals surface area contributed by atoms with Crippen LogP contribution in [0.15, 0.2) is 24.3 Å². The molecule has 0 radical (unpaired) electrons. The normalized spacial score (nSPS) is 14.2. The zero-order valence-electron chi connectivity index (χ0n) is 14.0. The van der Waals surface area contributed by atoms with Gasteiger partial charge in [0.25, 0.3) is 5.91 Å². The van der Waals surface area contributed by atoms with Crippen LogP contribution in [0.25, 0.3) is 0 Å². The van der Waals surface area contributed by atoms with Gasteiger partial charge >= 0.3 is 0 Å². The number of hydrogen-bond acceptors (Lipinski definition) is 4. The summed E-state index contributed by atoms with van der Waals surface area (Å²) in [6, 6.07) is 7.19. The Kier molecular flexibility index (Phi) is 4.59. The third-order valence-corrected chi connectivity index (χ3v) is 4.07. The summed E-state index contributed by atoms with van der Waals surface area (Å²) >= 11 is 0. The SMILES string of the molecule is Cc1nc(C)n(CCNC(=O)c2cccc(N3CCCC3=O)c2)n1. The molecule has 126 valence electrons. The Morgan fingerprint density at radius 1 is 1.33 bits per heavy atom. The van der Waals surface area contributed by atoms with Crippen LogP contribution in [0, 0.1) is 13.8 Å². The van der Waals surface area contributed by atoms with Crippen LogP contribution in [0.2, 0.25) is 0 Å². The predicted molar refractivity (Wildman–Crippen MR) is 89.9 cm³/mol. The van der Waals surface area contributed by atoms with Crippen molar-refractivity contribution in [3.05, 3.63) is 41.5 Å². The number of benzene rings is 1. The van der Waals surface area contributed by atoms with E-state index in [1.165, 1.54) is 0 Å². The Bertz CT molecular complexity index is 768. The number of anilines is 1. The van der Waals surface area contributed by atoms with Gasteiger partial charge < -0.3 is 10.2 Å². The number of nitrogens with one attached hydrogen (secondary N) is 1. The van der Waals surface area contributed by atoms with Gasteiger partial charge in [0.05, 0.1) is 6.54 Å². The molecule has 0 aliphatic carbocycles. The smallest absolute Gasteiger partial charge is 0.251 e. The number of aromatic nitrogens is 3. The summed E-state index contributed by atoms with van der Waals surface area (Å²) < 4.78 is 1.77. The van der Waals surface area contributed by atoms with E-state index in [0.717, 1.165) is 30.3 Å². The third-order valence-electron chi connectivity index (χ3n) is 4.07. The van der Waals surface area contributed by atoms with Gasteiger partial charge in [-0.25, -0.2) is 9.67 Å². The third kappa shape index (κ3) is 3.45. The van der Waals surface area contributed by atoms with Crippen molar-refractivity contribution in [3.8, 4) is 0 Å². The molecule has 2 amide bonds. The number of rotatable bonds is 5. The van der Waals surface area contributed by atoms with E-state index in [1.807, 2.05) is 19.9 Å². The van der Waals surface area contributed by atoms with Crippen LogP contribution in [0.1, 0.15) is 34.8 Å². The van der Waals surface area contributed by atoms with Crippen molar-refractivity contribution in [3.63, 3.8) is 0 Å². The van der Waals surface area contributed by atoms with Crippen LogP contribution in [0.3, 0.4) is 0 Å². The van der Waals surface area contributed by atoms with Crippen LogP contribution in [-0.2, 0) is 11.3 Å². The molecule has 2 heterocycles. The van der Waals surface area contributed by atoms with Crippen molar-refractivity contribution in [2.75, 3.05) is 18.0 Å². The van der Waals surface area contributed by atoms with Gasteiger partial charge in [-0.1, -0.05) is 6.07 Å². The predicted octanol–water partition coefficient (Wildman–Crippen LogP) is 1.45. The highest BCUT2D eigenvalue weighted by atomic mass is 16.2. The first-order valence-corrected chi connectivity index (χ1v) is 8.11. The van der Waals surface area contributed by atoms with E-state index in [9.17, 15) is 9.59 Å². The molecule has 0 spiro atoms. The second-order valence-corrected chi connectivity index (χ2v) is 5.88. The van der Waals surface area contributed by atoms with E-state index in [0.29, 0.717) is 25.1 Å². The number of carbonyl (C=O) groups is 2. The molecule has 0 unspecified atom stereocenters. The highest BCUT2D eigenvalue weighted by Crippen LogP contribution is 2.22. The number of aryl methyl sites for hydroxylation is 2. The number of carbonyl (C=O) groups excluding carboxylic acids is 2. The first kappa shape index (κ1) is 16.2. The van der Waals surface area contributed by atoms with Crippen LogP contribution in [0.5, 0.6) is 0 Å². The first-order valence-electron chi connectivity index (χ1n) is 8.11. The molecule has 1 saturated heterocycles. The second-order valence-electron chi connectivity index (χ2n) is 5.88. The van der Waals surface area contributed by atoms with Gasteiger partial charge in [0.15, 0.2) is 0 Å². The van der Waals surface area contributed by atoms with Crippen molar-refractivity contribution in [1.29, 1.82) is 0 Å². The molecule has 1 aromatic carbocycles. The average Bonchev–Trinajstić information content (AvgIpc) is 3.12. The van der Waals surface area contributed by atoms with Gasteiger partial charge in [0.2, 0.25) is 5.91 Å². The molecule has 3 rings (SSSR count). The largest absolute Gasteiger partial charge is 0.350 e. The van der Waals surface area contributed by atoms with Crippen LogP contribution >= 0.6 is 0 Å². The lowest BCUT2D eigenvalue weighted by atomic mass is 10.1. The minimum Gasteiger partial charge on any atom is -0.350 e. The highest BCUT2D eigenvalue weighted by molar-refractivity contribution is 5.99. The van der Waals surface area contributed by atoms with E-state index < -0.39 is 0 Å². The molecule has 0 bridgehead atoms. The maximum atomic E-state index is 12.3. The Hall–Kier alpha value is -2.70. The van der Waals surface area contributed by atoms with Crippen molar-refractivity contribution in [2.45, 2.75) is 33.2 Å². The van der Waals surface area contributed by atoms with Gasteiger partial charge in [0, 0.05) is 30.8 Å². The first-order chi connectivity index (χ1) is 11.5. The highest BCUT2D eigenvalue weighted by Gasteiger charge is 2.22. The van der Waals surface area contributed by atoms with E-state index in [-0.39, 0.29) is 11.8 Å². The summed E-state index contributed by atoms with van der Waals surface area (Å²) in [4.78, 5) is 30.1. The van der Waals surface area contributed by atoms with E-state index >= 15 is 0 Å². The Labute approximate surface area is 140 Å². The monoisotopic (exact) mass is 327 g/mol. The van der Waals surface area contributed by atoms with Gasteiger partial charge in [-0.2, -0.15) is 5.10 Å². The maximum Gasteiger partial charge on any atom is 0.251 e. The Balaban J connectivity index is 1.61. The molecule has 1 N–H and O–H groups in total. The molecule has 7 heteroatoms. The van der Waals surface area contributed by atoms with Crippen molar-refractivity contribution in [2.24, 2.45) is 0 Å². The van der Waals surface area contributed by atoms with Gasteiger partial charge in [-0.3, -0.25) is 9.59 Å². The molecule has 24 heavy (non-hydrogen) atoms. The zero-order valence-corrected chi connectivity index (χ0v) is 14.0. The molecule has 1 aliphatic heterocycles. The van der Waals surface area contributed by atoms with Gasteiger partial charge in [-0.15, -0.1) is 0 Å². The molecule has 7 nitrogen and oxygen atoms in total. The van der Waals surface area contributed by atoms with Crippen molar-refractivity contribution < 1.29 is 9.59 Å². The summed E-state index contributed by atoms with van der Waals surface area (Å²) in [7, 11) is 0. The molecular weight excluding hydrogens is 306 g/mol. The summed E-state index contributed by atoms with van der Waals surface area (Å²) in [5.41, 5.74) is 1.34. The number of amides is 2. The van der Waals surface area contributed by atoms with Gasteiger partial charge in [-0.05, 0) is 38.5 Å². The summed E-state index contributed by atoms with van der Waals surface area (Å²) in [6.07, 6.45) is 1.44. The van der Waals surface area contributed by atoms with Gasteiger partial charge in [0.1, 0.15) is 11.6 Å². The number of hydrogen-bond donors (Lipinski definition) is 1. The minimum atomic E-state index is -0.155. The van der Waals surface area contributed by atoms with E-state index in [4.69, 9.17) is 0 Å². The molecule has 0 saturated carbocycles. The lowest BCUT2D eigenvalue weighted by Crippen LogP contribution is -2.28. The quantitative estimate of drug-likeness (QED) is 0.901. The number of nitrogens with zero attached hydrogens (tertiary/aromatic N) is 4. The van der Waals surface area contributed by atoms with E-state index in [2.05, 4.69) is 15.4 Å². The topological polar surface area (TPSA) is 80.1 Å². The maximum absolute atomic E-state index is 12.3. The van der Waals surface area contributed by atoms with E-state index in [1.54, 1.807) is 27.8 Å². The van der Waals surface area contributed by atoms with Crippen LogP contribution < -0.4 is 10.2 Å². The average molecular weight is 327 g/mol. The zero-order chi connectivity index (χ0) is 17.1. The van der Waals surface area contributed by atoms with Crippen molar-refractivity contribution >= 4 is 17.5 Å². The molecular formula is C17H21N5O2. The van der Waals surface area contributed by atoms with Crippen molar-refractivity contribution in [1.82, 2.24) is 20.1 Å². The summed E-state index contributed by atoms with van der Waals surface area (Å²) in [5.74, 6) is 1.51. The van der Waals surface area contributed by atoms with Crippen LogP contribution in [0.4, 0.5) is 5.69 Å². The standard InChI is InChI=1S/C17H21N5O2/c1-12-19-13(2)22(20-12)10-8-18-17(24)14-5-3-6-15(11-14)21-9-4-7-16(21)23/h3,5-6,11H,4,7-10H2,1-2H3,(H,18,24). The molecule has 1 aromatic heterocycles. The second kappa shape index (κ2) is 6.82. The fourth-order valence-electron chi connectivity index (χ4n) is 2.89. The molecule has 1 aliphatic rings. The lowest BCUT2D eigenvalue weighted by Gasteiger charge is -2.16. The summed E-state index contributed by atoms with van der Waals surface area (Å²) in [6.45, 7) is 5.48. The Morgan fingerprint density at radius 3 is 2.83 bits per heavy atom. The fraction of sp³-hybridized carbons (Fsp3) is 0.412. The summed E-state index contributed by atoms with van der Waals surface area (Å²) in [5, 5.41) is 7.15. The molecule has 2 aromatic rings. The minimum absolute atomic E-state index is 0.115. The van der Waals surface area contributed by atoms with Crippen LogP contribution in [-0.4, -0.2) is 39.7 Å². The fourth-order valence-corrected chi connectivity index (χ4v) is 2.89. The molecule has 1 fully saturated rings. The Morgan fingerprint density at radius 2 is 2.17 bits per heavy atom.